The van der Waals surface area contributed by atoms with Gasteiger partial charge < -0.3 is 5.32 Å². The van der Waals surface area contributed by atoms with Crippen molar-refractivity contribution in [3.8, 4) is 11.4 Å². The lowest BCUT2D eigenvalue weighted by molar-refractivity contribution is 0.526. The average molecular weight is 335 g/mol. The lowest BCUT2D eigenvalue weighted by Gasteiger charge is -2.07. The largest absolute Gasteiger partial charge is 0.364 e. The van der Waals surface area contributed by atoms with Crippen LogP contribution in [0.15, 0.2) is 36.9 Å². The van der Waals surface area contributed by atoms with Crippen LogP contribution >= 0.6 is 0 Å². The van der Waals surface area contributed by atoms with Gasteiger partial charge in [-0.3, -0.25) is 5.10 Å². The maximum atomic E-state index is 4.29. The van der Waals surface area contributed by atoms with Crippen molar-refractivity contribution in [2.45, 2.75) is 26.4 Å². The van der Waals surface area contributed by atoms with Crippen LogP contribution in [0.3, 0.4) is 0 Å². The van der Waals surface area contributed by atoms with Gasteiger partial charge in [0.25, 0.3) is 0 Å². The van der Waals surface area contributed by atoms with E-state index in [2.05, 4.69) is 40.8 Å². The van der Waals surface area contributed by atoms with Crippen LogP contribution in [-0.2, 0) is 6.54 Å². The van der Waals surface area contributed by atoms with E-state index in [0.29, 0.717) is 17.9 Å². The van der Waals surface area contributed by atoms with E-state index in [9.17, 15) is 0 Å². The Morgan fingerprint density at radius 3 is 2.64 bits per heavy atom. The van der Waals surface area contributed by atoms with Crippen molar-refractivity contribution < 1.29 is 0 Å². The molecule has 9 nitrogen and oxygen atoms in total. The molecule has 1 aromatic carbocycles. The van der Waals surface area contributed by atoms with Gasteiger partial charge in [0.2, 0.25) is 0 Å². The van der Waals surface area contributed by atoms with E-state index >= 15 is 0 Å². The predicted octanol–water partition coefficient (Wildman–Crippen LogP) is 2.20. The highest BCUT2D eigenvalue weighted by atomic mass is 15.5. The molecule has 0 saturated carbocycles. The molecule has 4 rings (SSSR count). The Bertz CT molecular complexity index is 971. The zero-order valence-electron chi connectivity index (χ0n) is 13.9. The average Bonchev–Trinajstić information content (AvgIpc) is 3.30. The van der Waals surface area contributed by atoms with Gasteiger partial charge in [0.1, 0.15) is 12.7 Å². The zero-order valence-corrected chi connectivity index (χ0v) is 13.9. The van der Waals surface area contributed by atoms with E-state index in [1.54, 1.807) is 4.68 Å². The summed E-state index contributed by atoms with van der Waals surface area (Å²) in [5.41, 5.74) is 3.51. The standard InChI is InChI=1S/C16H17N9/c1-10(2)25-16-13(22-24-25)15(18-8-20-16)17-7-11-3-5-12(6-4-11)14-19-9-21-23-14/h3-6,8-10H,7H2,1-2H3,(H,17,18,20)(H,19,21,23). The Morgan fingerprint density at radius 2 is 1.92 bits per heavy atom. The molecule has 0 atom stereocenters. The Balaban J connectivity index is 1.52. The molecule has 0 aliphatic rings. The van der Waals surface area contributed by atoms with Gasteiger partial charge in [0, 0.05) is 12.1 Å². The van der Waals surface area contributed by atoms with Crippen LogP contribution in [-0.4, -0.2) is 40.1 Å². The van der Waals surface area contributed by atoms with Crippen LogP contribution in [0.5, 0.6) is 0 Å². The first-order chi connectivity index (χ1) is 12.2. The summed E-state index contributed by atoms with van der Waals surface area (Å²) in [6, 6.07) is 8.27. The summed E-state index contributed by atoms with van der Waals surface area (Å²) in [6.07, 6.45) is 3.02. The molecule has 0 aliphatic carbocycles. The molecule has 9 heteroatoms. The molecule has 3 aromatic heterocycles. The lowest BCUT2D eigenvalue weighted by Crippen LogP contribution is -2.05. The van der Waals surface area contributed by atoms with E-state index in [1.165, 1.54) is 12.7 Å². The minimum absolute atomic E-state index is 0.191. The Labute approximate surface area is 143 Å². The number of aromatic nitrogens is 8. The minimum Gasteiger partial charge on any atom is -0.364 e. The van der Waals surface area contributed by atoms with E-state index in [1.807, 2.05) is 38.1 Å². The van der Waals surface area contributed by atoms with Crippen LogP contribution in [0.25, 0.3) is 22.6 Å². The molecule has 0 amide bonds. The smallest absolute Gasteiger partial charge is 0.184 e. The van der Waals surface area contributed by atoms with Crippen LogP contribution in [0, 0.1) is 0 Å². The summed E-state index contributed by atoms with van der Waals surface area (Å²) in [7, 11) is 0. The second-order valence-corrected chi connectivity index (χ2v) is 5.91. The van der Waals surface area contributed by atoms with Crippen LogP contribution in [0.4, 0.5) is 5.82 Å². The van der Waals surface area contributed by atoms with Crippen molar-refractivity contribution in [2.24, 2.45) is 0 Å². The van der Waals surface area contributed by atoms with E-state index in [-0.39, 0.29) is 6.04 Å². The summed E-state index contributed by atoms with van der Waals surface area (Å²) < 4.78 is 1.79. The minimum atomic E-state index is 0.191. The maximum absolute atomic E-state index is 4.29. The molecule has 0 bridgehead atoms. The second kappa shape index (κ2) is 6.27. The summed E-state index contributed by atoms with van der Waals surface area (Å²) in [5.74, 6) is 1.43. The van der Waals surface area contributed by atoms with Gasteiger partial charge in [-0.1, -0.05) is 29.5 Å². The lowest BCUT2D eigenvalue weighted by atomic mass is 10.1. The number of fused-ring (bicyclic) bond motifs is 1. The Morgan fingerprint density at radius 1 is 1.08 bits per heavy atom. The molecule has 0 fully saturated rings. The van der Waals surface area contributed by atoms with E-state index in [4.69, 9.17) is 0 Å². The fourth-order valence-electron chi connectivity index (χ4n) is 2.55. The number of nitrogens with one attached hydrogen (secondary N) is 2. The third kappa shape index (κ3) is 2.91. The molecule has 0 saturated heterocycles. The number of hydrogen-bond donors (Lipinski definition) is 2. The highest BCUT2D eigenvalue weighted by molar-refractivity contribution is 5.81. The molecule has 126 valence electrons. The highest BCUT2D eigenvalue weighted by Crippen LogP contribution is 2.20. The summed E-state index contributed by atoms with van der Waals surface area (Å²) >= 11 is 0. The van der Waals surface area contributed by atoms with Gasteiger partial charge in [-0.25, -0.2) is 19.6 Å². The van der Waals surface area contributed by atoms with Crippen molar-refractivity contribution in [1.29, 1.82) is 0 Å². The molecule has 0 radical (unpaired) electrons. The SMILES string of the molecule is CC(C)n1nnc2c(NCc3ccc(-c4ncn[nH]4)cc3)ncnc21. The van der Waals surface area contributed by atoms with Crippen molar-refractivity contribution in [3.05, 3.63) is 42.5 Å². The van der Waals surface area contributed by atoms with Gasteiger partial charge >= 0.3 is 0 Å². The molecule has 0 aliphatic heterocycles. The number of anilines is 1. The predicted molar refractivity (Wildman–Crippen MR) is 92.6 cm³/mol. The Hall–Kier alpha value is -3.36. The monoisotopic (exact) mass is 335 g/mol. The second-order valence-electron chi connectivity index (χ2n) is 5.91. The van der Waals surface area contributed by atoms with Gasteiger partial charge in [0.05, 0.1) is 6.04 Å². The van der Waals surface area contributed by atoms with Crippen molar-refractivity contribution in [3.63, 3.8) is 0 Å². The molecule has 25 heavy (non-hydrogen) atoms. The summed E-state index contributed by atoms with van der Waals surface area (Å²) in [6.45, 7) is 4.70. The van der Waals surface area contributed by atoms with Gasteiger partial charge in [-0.05, 0) is 19.4 Å². The number of H-pyrrole nitrogens is 1. The quantitative estimate of drug-likeness (QED) is 0.575. The number of nitrogens with zero attached hydrogens (tertiary/aromatic N) is 7. The topological polar surface area (TPSA) is 110 Å². The Kier molecular flexibility index (Phi) is 3.81. The first kappa shape index (κ1) is 15.2. The first-order valence-corrected chi connectivity index (χ1v) is 7.97. The molecule has 0 spiro atoms. The zero-order chi connectivity index (χ0) is 17.2. The van der Waals surface area contributed by atoms with Crippen molar-refractivity contribution >= 4 is 17.0 Å². The third-order valence-electron chi connectivity index (χ3n) is 3.85. The van der Waals surface area contributed by atoms with E-state index in [0.717, 1.165) is 22.6 Å². The normalized spacial score (nSPS) is 11.3. The third-order valence-corrected chi connectivity index (χ3v) is 3.85. The van der Waals surface area contributed by atoms with Crippen LogP contribution < -0.4 is 5.32 Å². The van der Waals surface area contributed by atoms with Gasteiger partial charge in [0.15, 0.2) is 22.8 Å². The van der Waals surface area contributed by atoms with Crippen LogP contribution in [0.2, 0.25) is 0 Å². The molecule has 0 unspecified atom stereocenters. The van der Waals surface area contributed by atoms with Crippen molar-refractivity contribution in [1.82, 2.24) is 40.1 Å². The number of aromatic amines is 1. The maximum Gasteiger partial charge on any atom is 0.184 e. The molecule has 2 N–H and O–H groups in total. The number of rotatable bonds is 5. The summed E-state index contributed by atoms with van der Waals surface area (Å²) in [5, 5.41) is 18.4. The fourth-order valence-corrected chi connectivity index (χ4v) is 2.55. The highest BCUT2D eigenvalue weighted by Gasteiger charge is 2.13. The number of benzene rings is 1. The van der Waals surface area contributed by atoms with E-state index < -0.39 is 0 Å². The number of hydrogen-bond acceptors (Lipinski definition) is 7. The van der Waals surface area contributed by atoms with Gasteiger partial charge in [-0.2, -0.15) is 5.10 Å². The van der Waals surface area contributed by atoms with Gasteiger partial charge in [-0.15, -0.1) is 5.10 Å². The molecule has 3 heterocycles. The molecular weight excluding hydrogens is 318 g/mol. The first-order valence-electron chi connectivity index (χ1n) is 7.97. The fraction of sp³-hybridized carbons (Fsp3) is 0.250. The molecular formula is C16H17N9. The summed E-state index contributed by atoms with van der Waals surface area (Å²) in [4.78, 5) is 12.7. The van der Waals surface area contributed by atoms with Crippen LogP contribution in [0.1, 0.15) is 25.5 Å². The van der Waals surface area contributed by atoms with Crippen molar-refractivity contribution in [2.75, 3.05) is 5.32 Å². The molecule has 4 aromatic rings.